The average molecular weight is 214 g/mol. The molecular weight excluding hydrogens is 200 g/mol. The first kappa shape index (κ1) is 11.5. The summed E-state index contributed by atoms with van der Waals surface area (Å²) in [5, 5.41) is 8.73. The van der Waals surface area contributed by atoms with Gasteiger partial charge in [-0.05, 0) is 0 Å². The van der Waals surface area contributed by atoms with E-state index >= 15 is 0 Å². The summed E-state index contributed by atoms with van der Waals surface area (Å²) in [4.78, 5) is 11.2. The fraction of sp³-hybridized carbons (Fsp3) is 0.500. The van der Waals surface area contributed by atoms with E-state index in [1.807, 2.05) is 0 Å². The molecule has 0 saturated carbocycles. The largest absolute Gasteiger partial charge is 0.394 e. The van der Waals surface area contributed by atoms with E-state index in [1.165, 1.54) is 6.20 Å². The molecular formula is C8H14N4O3. The van der Waals surface area contributed by atoms with E-state index in [2.05, 4.69) is 15.5 Å². The Hall–Kier alpha value is -1.60. The predicted octanol–water partition coefficient (Wildman–Crippen LogP) is -0.407. The Morgan fingerprint density at radius 3 is 3.07 bits per heavy atom. The molecule has 0 aromatic carbocycles. The van der Waals surface area contributed by atoms with Gasteiger partial charge in [0, 0.05) is 7.11 Å². The molecule has 7 heteroatoms. The van der Waals surface area contributed by atoms with Crippen LogP contribution in [-0.4, -0.2) is 43.0 Å². The number of nitrogens with two attached hydrogens (primary N) is 1. The highest BCUT2D eigenvalue weighted by Gasteiger charge is 2.06. The van der Waals surface area contributed by atoms with E-state index in [4.69, 9.17) is 15.2 Å². The highest BCUT2D eigenvalue weighted by Crippen LogP contribution is 2.11. The number of methoxy groups -OCH3 is 1. The number of rotatable bonds is 6. The van der Waals surface area contributed by atoms with Gasteiger partial charge in [-0.15, -0.1) is 0 Å². The van der Waals surface area contributed by atoms with E-state index in [-0.39, 0.29) is 12.5 Å². The molecule has 84 valence electrons. The minimum absolute atomic E-state index is 0.0399. The van der Waals surface area contributed by atoms with E-state index in [0.29, 0.717) is 24.7 Å². The SMILES string of the molecule is COCCOCC(=O)Nc1[nH]ncc1N. The van der Waals surface area contributed by atoms with Gasteiger partial charge in [0.25, 0.3) is 5.91 Å². The maximum Gasteiger partial charge on any atom is 0.251 e. The Morgan fingerprint density at radius 2 is 2.47 bits per heavy atom. The molecule has 0 aliphatic carbocycles. The molecule has 4 N–H and O–H groups in total. The zero-order valence-electron chi connectivity index (χ0n) is 8.45. The summed E-state index contributed by atoms with van der Waals surface area (Å²) in [7, 11) is 1.56. The maximum absolute atomic E-state index is 11.2. The van der Waals surface area contributed by atoms with Crippen LogP contribution in [0.4, 0.5) is 11.5 Å². The molecule has 1 amide bonds. The third-order valence-electron chi connectivity index (χ3n) is 1.60. The number of carbonyl (C=O) groups excluding carboxylic acids is 1. The molecule has 1 rings (SSSR count). The molecule has 7 nitrogen and oxygen atoms in total. The summed E-state index contributed by atoms with van der Waals surface area (Å²) in [6.07, 6.45) is 1.42. The molecule has 0 aliphatic heterocycles. The average Bonchev–Trinajstić information content (AvgIpc) is 2.59. The summed E-state index contributed by atoms with van der Waals surface area (Å²) in [6, 6.07) is 0. The van der Waals surface area contributed by atoms with Crippen molar-refractivity contribution in [3.8, 4) is 0 Å². The van der Waals surface area contributed by atoms with Crippen molar-refractivity contribution in [2.75, 3.05) is 38.0 Å². The van der Waals surface area contributed by atoms with Crippen molar-refractivity contribution in [1.82, 2.24) is 10.2 Å². The maximum atomic E-state index is 11.2. The van der Waals surface area contributed by atoms with Gasteiger partial charge >= 0.3 is 0 Å². The summed E-state index contributed by atoms with van der Waals surface area (Å²) < 4.78 is 9.77. The van der Waals surface area contributed by atoms with Crippen LogP contribution in [0.25, 0.3) is 0 Å². The number of ether oxygens (including phenoxy) is 2. The van der Waals surface area contributed by atoms with Crippen LogP contribution in [0.2, 0.25) is 0 Å². The van der Waals surface area contributed by atoms with Crippen LogP contribution in [0.5, 0.6) is 0 Å². The van der Waals surface area contributed by atoms with Gasteiger partial charge in [-0.1, -0.05) is 0 Å². The molecule has 0 saturated heterocycles. The standard InChI is InChI=1S/C8H14N4O3/c1-14-2-3-15-5-7(13)11-8-6(9)4-10-12-8/h4H,2-3,5,9H2,1H3,(H2,10,11,12,13). The summed E-state index contributed by atoms with van der Waals surface area (Å²) in [6.45, 7) is 0.795. The number of hydrogen-bond acceptors (Lipinski definition) is 5. The number of anilines is 2. The number of amides is 1. The van der Waals surface area contributed by atoms with Crippen molar-refractivity contribution in [3.05, 3.63) is 6.20 Å². The molecule has 0 bridgehead atoms. The smallest absolute Gasteiger partial charge is 0.251 e. The van der Waals surface area contributed by atoms with Gasteiger partial charge in [0.1, 0.15) is 6.61 Å². The van der Waals surface area contributed by atoms with Crippen LogP contribution in [0, 0.1) is 0 Å². The van der Waals surface area contributed by atoms with Crippen LogP contribution in [0.15, 0.2) is 6.20 Å². The van der Waals surface area contributed by atoms with Crippen molar-refractivity contribution in [1.29, 1.82) is 0 Å². The second-order valence-corrected chi connectivity index (χ2v) is 2.79. The van der Waals surface area contributed by atoms with Crippen LogP contribution in [0.1, 0.15) is 0 Å². The quantitative estimate of drug-likeness (QED) is 0.559. The van der Waals surface area contributed by atoms with Crippen LogP contribution in [-0.2, 0) is 14.3 Å². The van der Waals surface area contributed by atoms with E-state index in [1.54, 1.807) is 7.11 Å². The predicted molar refractivity (Wildman–Crippen MR) is 54.3 cm³/mol. The Kier molecular flexibility index (Phi) is 4.58. The molecule has 0 atom stereocenters. The second-order valence-electron chi connectivity index (χ2n) is 2.79. The number of aromatic nitrogens is 2. The van der Waals surface area contributed by atoms with Crippen molar-refractivity contribution >= 4 is 17.4 Å². The zero-order valence-corrected chi connectivity index (χ0v) is 8.45. The van der Waals surface area contributed by atoms with Crippen LogP contribution < -0.4 is 11.1 Å². The molecule has 1 aromatic rings. The van der Waals surface area contributed by atoms with E-state index in [9.17, 15) is 4.79 Å². The topological polar surface area (TPSA) is 102 Å². The fourth-order valence-electron chi connectivity index (χ4n) is 0.878. The number of nitrogens with one attached hydrogen (secondary N) is 2. The number of nitrogens with zero attached hydrogens (tertiary/aromatic N) is 1. The Morgan fingerprint density at radius 1 is 1.67 bits per heavy atom. The lowest BCUT2D eigenvalue weighted by molar-refractivity contribution is -0.121. The second kappa shape index (κ2) is 5.99. The van der Waals surface area contributed by atoms with Crippen molar-refractivity contribution in [2.24, 2.45) is 0 Å². The monoisotopic (exact) mass is 214 g/mol. The van der Waals surface area contributed by atoms with Crippen LogP contribution in [0.3, 0.4) is 0 Å². The number of aromatic amines is 1. The summed E-state index contributed by atoms with van der Waals surface area (Å²) in [5.74, 6) is 0.0948. The minimum atomic E-state index is -0.290. The molecule has 0 radical (unpaired) electrons. The van der Waals surface area contributed by atoms with Gasteiger partial charge in [0.05, 0.1) is 25.1 Å². The van der Waals surface area contributed by atoms with Crippen LogP contribution >= 0.6 is 0 Å². The van der Waals surface area contributed by atoms with Gasteiger partial charge in [0.15, 0.2) is 5.82 Å². The first-order valence-electron chi connectivity index (χ1n) is 4.39. The number of H-pyrrole nitrogens is 1. The first-order chi connectivity index (χ1) is 7.24. The fourth-order valence-corrected chi connectivity index (χ4v) is 0.878. The molecule has 0 fully saturated rings. The highest BCUT2D eigenvalue weighted by atomic mass is 16.5. The highest BCUT2D eigenvalue weighted by molar-refractivity contribution is 5.93. The molecule has 1 aromatic heterocycles. The molecule has 15 heavy (non-hydrogen) atoms. The first-order valence-corrected chi connectivity index (χ1v) is 4.39. The lowest BCUT2D eigenvalue weighted by Crippen LogP contribution is -2.20. The van der Waals surface area contributed by atoms with Crippen molar-refractivity contribution in [3.63, 3.8) is 0 Å². The minimum Gasteiger partial charge on any atom is -0.394 e. The van der Waals surface area contributed by atoms with Crippen molar-refractivity contribution < 1.29 is 14.3 Å². The number of carbonyl (C=O) groups is 1. The lowest BCUT2D eigenvalue weighted by Gasteiger charge is -2.04. The number of hydrogen-bond donors (Lipinski definition) is 3. The van der Waals surface area contributed by atoms with E-state index < -0.39 is 0 Å². The summed E-state index contributed by atoms with van der Waals surface area (Å²) in [5.41, 5.74) is 5.89. The Labute approximate surface area is 86.9 Å². The van der Waals surface area contributed by atoms with Gasteiger partial charge in [-0.2, -0.15) is 5.10 Å². The zero-order chi connectivity index (χ0) is 11.1. The normalized spacial score (nSPS) is 10.2. The van der Waals surface area contributed by atoms with Gasteiger partial charge in [-0.3, -0.25) is 9.89 Å². The third kappa shape index (κ3) is 3.96. The van der Waals surface area contributed by atoms with Gasteiger partial charge in [-0.25, -0.2) is 0 Å². The third-order valence-corrected chi connectivity index (χ3v) is 1.60. The summed E-state index contributed by atoms with van der Waals surface area (Å²) >= 11 is 0. The molecule has 0 aliphatic rings. The number of nitrogen functional groups attached to an aromatic ring is 1. The molecule has 0 spiro atoms. The lowest BCUT2D eigenvalue weighted by atomic mass is 10.5. The van der Waals surface area contributed by atoms with Gasteiger partial charge < -0.3 is 20.5 Å². The Balaban J connectivity index is 2.22. The van der Waals surface area contributed by atoms with Crippen molar-refractivity contribution in [2.45, 2.75) is 0 Å². The molecule has 1 heterocycles. The Bertz CT molecular complexity index is 313. The van der Waals surface area contributed by atoms with E-state index in [0.717, 1.165) is 0 Å². The van der Waals surface area contributed by atoms with Gasteiger partial charge in [0.2, 0.25) is 0 Å². The molecule has 0 unspecified atom stereocenters.